The Labute approximate surface area is 218 Å². The highest BCUT2D eigenvalue weighted by Crippen LogP contribution is 2.50. The zero-order valence-corrected chi connectivity index (χ0v) is 23.5. The smallest absolute Gasteiger partial charge is 0.434 e. The van der Waals surface area contributed by atoms with Crippen LogP contribution in [-0.2, 0) is 42.2 Å². The van der Waals surface area contributed by atoms with E-state index in [9.17, 15) is 18.9 Å². The van der Waals surface area contributed by atoms with Crippen molar-refractivity contribution in [1.82, 2.24) is 0 Å². The molecule has 0 aliphatic rings. The van der Waals surface area contributed by atoms with Crippen LogP contribution in [0.2, 0.25) is 0 Å². The van der Waals surface area contributed by atoms with Crippen LogP contribution in [0.3, 0.4) is 0 Å². The first-order valence-corrected chi connectivity index (χ1v) is 13.9. The maximum absolute atomic E-state index is 13.4. The molecule has 1 unspecified atom stereocenters. The Morgan fingerprint density at radius 1 is 0.757 bits per heavy atom. The van der Waals surface area contributed by atoms with E-state index in [0.29, 0.717) is 19.3 Å². The van der Waals surface area contributed by atoms with E-state index in [1.165, 1.54) is 14.0 Å². The Hall–Kier alpha value is -2.41. The van der Waals surface area contributed by atoms with Gasteiger partial charge in [0.1, 0.15) is 13.6 Å². The minimum absolute atomic E-state index is 0.0484. The van der Waals surface area contributed by atoms with E-state index in [-0.39, 0.29) is 65.0 Å². The minimum Gasteiger partial charge on any atom is -0.434 e. The van der Waals surface area contributed by atoms with Crippen molar-refractivity contribution in [2.45, 2.75) is 66.2 Å². The number of ether oxygens (including phenoxy) is 4. The number of nitrogens with zero attached hydrogens (tertiary/aromatic N) is 2. The molecule has 1 atom stereocenters. The van der Waals surface area contributed by atoms with Crippen LogP contribution in [0.15, 0.2) is 4.76 Å². The summed E-state index contributed by atoms with van der Waals surface area (Å²) in [6.45, 7) is 7.23. The molecule has 2 N–H and O–H groups in total. The monoisotopic (exact) mass is 556 g/mol. The van der Waals surface area contributed by atoms with Crippen molar-refractivity contribution in [3.05, 3.63) is 0 Å². The lowest BCUT2D eigenvalue weighted by molar-refractivity contribution is -1.00. The molecule has 0 fully saturated rings. The topological polar surface area (TPSA) is 171 Å². The molecule has 0 saturated carbocycles. The standard InChI is InChI=1S/C22H43N3O11P/c1-6-9-12-25(5,36-19(4)26)20(23)24-37(29,34-17-10-15-32-21(27)30-13-7-2)35-18-11-16-33-22(28)31-14-8-3/h6-18H2,1-5H3,(H2,23,24,29)/q+1. The first kappa shape index (κ1) is 34.6. The van der Waals surface area contributed by atoms with Crippen LogP contribution in [0.1, 0.15) is 66.2 Å². The third-order valence-corrected chi connectivity index (χ3v) is 5.82. The van der Waals surface area contributed by atoms with Crippen LogP contribution in [-0.4, -0.2) is 82.1 Å². The number of hydroxylamine groups is 3. The van der Waals surface area contributed by atoms with Crippen molar-refractivity contribution in [1.29, 1.82) is 0 Å². The van der Waals surface area contributed by atoms with Gasteiger partial charge in [-0.1, -0.05) is 31.8 Å². The lowest BCUT2D eigenvalue weighted by atomic mass is 10.3. The maximum atomic E-state index is 13.4. The molecule has 0 rings (SSSR count). The lowest BCUT2D eigenvalue weighted by Gasteiger charge is -2.28. The van der Waals surface area contributed by atoms with Crippen LogP contribution >= 0.6 is 7.75 Å². The summed E-state index contributed by atoms with van der Waals surface area (Å²) in [5.74, 6) is -0.890. The van der Waals surface area contributed by atoms with Gasteiger partial charge in [0.15, 0.2) is 0 Å². The number of rotatable bonds is 18. The highest BCUT2D eigenvalue weighted by atomic mass is 31.2. The summed E-state index contributed by atoms with van der Waals surface area (Å²) in [6.07, 6.45) is 1.46. The number of carbonyl (C=O) groups excluding carboxylic acids is 3. The van der Waals surface area contributed by atoms with E-state index < -0.39 is 30.7 Å². The van der Waals surface area contributed by atoms with Crippen molar-refractivity contribution in [2.24, 2.45) is 10.5 Å². The molecule has 0 aliphatic heterocycles. The van der Waals surface area contributed by atoms with E-state index >= 15 is 0 Å². The SMILES string of the molecule is CCCC[N+](C)(OC(C)=O)C(N)=NP(=O)(OCCCOC(=O)OCCC)OCCCOC(=O)OCCC. The third-order valence-electron chi connectivity index (χ3n) is 4.35. The Kier molecular flexibility index (Phi) is 18.4. The quantitative estimate of drug-likeness (QED) is 0.0488. The van der Waals surface area contributed by atoms with Gasteiger partial charge in [0.05, 0.1) is 39.6 Å². The number of quaternary nitrogens is 1. The molecule has 0 aromatic heterocycles. The zero-order chi connectivity index (χ0) is 28.2. The zero-order valence-electron chi connectivity index (χ0n) is 22.6. The molecule has 0 bridgehead atoms. The average Bonchev–Trinajstić information content (AvgIpc) is 2.84. The number of carbonyl (C=O) groups is 3. The van der Waals surface area contributed by atoms with Gasteiger partial charge in [0.25, 0.3) is 0 Å². The Morgan fingerprint density at radius 2 is 1.22 bits per heavy atom. The summed E-state index contributed by atoms with van der Waals surface area (Å²) in [5.41, 5.74) is 6.10. The molecule has 37 heavy (non-hydrogen) atoms. The second-order valence-corrected chi connectivity index (χ2v) is 9.61. The third kappa shape index (κ3) is 16.9. The predicted octanol–water partition coefficient (Wildman–Crippen LogP) is 4.07. The number of nitrogens with two attached hydrogens (primary N) is 1. The highest BCUT2D eigenvalue weighted by Gasteiger charge is 2.36. The van der Waals surface area contributed by atoms with Gasteiger partial charge in [-0.2, -0.15) is 0 Å². The summed E-state index contributed by atoms with van der Waals surface area (Å²) in [6, 6.07) is 0. The van der Waals surface area contributed by atoms with Gasteiger partial charge in [-0.3, -0.25) is 13.9 Å². The summed E-state index contributed by atoms with van der Waals surface area (Å²) < 4.78 is 47.0. The van der Waals surface area contributed by atoms with Crippen molar-refractivity contribution in [3.8, 4) is 0 Å². The average molecular weight is 557 g/mol. The molecule has 0 saturated heterocycles. The van der Waals surface area contributed by atoms with Gasteiger partial charge in [0, 0.05) is 26.2 Å². The first-order valence-electron chi connectivity index (χ1n) is 12.4. The molecule has 0 spiro atoms. The van der Waals surface area contributed by atoms with Gasteiger partial charge in [0.2, 0.25) is 0 Å². The summed E-state index contributed by atoms with van der Waals surface area (Å²) >= 11 is 0. The molecule has 0 radical (unpaired) electrons. The van der Waals surface area contributed by atoms with Crippen molar-refractivity contribution >= 4 is 32.0 Å². The van der Waals surface area contributed by atoms with Crippen molar-refractivity contribution in [3.63, 3.8) is 0 Å². The summed E-state index contributed by atoms with van der Waals surface area (Å²) in [7, 11) is -2.69. The van der Waals surface area contributed by atoms with Crippen LogP contribution < -0.4 is 5.73 Å². The fourth-order valence-electron chi connectivity index (χ4n) is 2.51. The van der Waals surface area contributed by atoms with Crippen LogP contribution in [0.25, 0.3) is 0 Å². The number of unbranched alkanes of at least 4 members (excludes halogenated alkanes) is 1. The summed E-state index contributed by atoms with van der Waals surface area (Å²) in [5, 5.41) is 0. The fourth-order valence-corrected chi connectivity index (χ4v) is 3.86. The van der Waals surface area contributed by atoms with E-state index in [1.54, 1.807) is 0 Å². The van der Waals surface area contributed by atoms with Crippen LogP contribution in [0.4, 0.5) is 9.59 Å². The lowest BCUT2D eigenvalue weighted by Crippen LogP contribution is -2.54. The van der Waals surface area contributed by atoms with Crippen molar-refractivity contribution < 1.29 is 56.4 Å². The van der Waals surface area contributed by atoms with E-state index in [2.05, 4.69) is 4.76 Å². The molecule has 0 amide bonds. The van der Waals surface area contributed by atoms with Crippen LogP contribution in [0.5, 0.6) is 0 Å². The van der Waals surface area contributed by atoms with Crippen LogP contribution in [0, 0.1) is 0 Å². The molecule has 216 valence electrons. The normalized spacial score (nSPS) is 13.4. The molecule has 0 aromatic carbocycles. The molecular formula is C22H43N3O11P+. The fraction of sp³-hybridized carbons (Fsp3) is 0.818. The first-order chi connectivity index (χ1) is 17.5. The number of hydrogen-bond donors (Lipinski definition) is 1. The van der Waals surface area contributed by atoms with Crippen molar-refractivity contribution in [2.75, 3.05) is 53.2 Å². The molecule has 14 nitrogen and oxygen atoms in total. The van der Waals surface area contributed by atoms with E-state index in [4.69, 9.17) is 38.6 Å². The molecular weight excluding hydrogens is 513 g/mol. The predicted molar refractivity (Wildman–Crippen MR) is 133 cm³/mol. The summed E-state index contributed by atoms with van der Waals surface area (Å²) in [4.78, 5) is 39.8. The molecule has 0 heterocycles. The Morgan fingerprint density at radius 3 is 1.62 bits per heavy atom. The Balaban J connectivity index is 5.22. The van der Waals surface area contributed by atoms with Gasteiger partial charge in [-0.25, -0.2) is 18.9 Å². The van der Waals surface area contributed by atoms with Gasteiger partial charge in [-0.05, 0) is 12.8 Å². The van der Waals surface area contributed by atoms with Gasteiger partial charge < -0.3 is 24.7 Å². The second-order valence-electron chi connectivity index (χ2n) is 7.96. The Bertz CT molecular complexity index is 732. The number of guanidine groups is 1. The second kappa shape index (κ2) is 19.7. The number of hydrogen-bond acceptors (Lipinski definition) is 11. The highest BCUT2D eigenvalue weighted by molar-refractivity contribution is 7.52. The minimum atomic E-state index is -4.20. The van der Waals surface area contributed by atoms with E-state index in [1.807, 2.05) is 20.8 Å². The van der Waals surface area contributed by atoms with Gasteiger partial charge >= 0.3 is 32.0 Å². The maximum Gasteiger partial charge on any atom is 0.508 e. The van der Waals surface area contributed by atoms with Gasteiger partial charge in [-0.15, -0.1) is 4.76 Å². The van der Waals surface area contributed by atoms with E-state index in [0.717, 1.165) is 6.42 Å². The molecule has 0 aliphatic carbocycles. The molecule has 0 aromatic rings. The molecule has 15 heteroatoms. The largest absolute Gasteiger partial charge is 0.508 e.